The van der Waals surface area contributed by atoms with Crippen LogP contribution in [0.4, 0.5) is 34.1 Å². The van der Waals surface area contributed by atoms with E-state index in [0.717, 1.165) is 121 Å². The van der Waals surface area contributed by atoms with Gasteiger partial charge >= 0.3 is 0 Å². The molecular formula is C66H54N2O3. The monoisotopic (exact) mass is 922 g/mol. The second-order valence-corrected chi connectivity index (χ2v) is 21.6. The first-order valence-electron chi connectivity index (χ1n) is 24.7. The first-order chi connectivity index (χ1) is 34.2. The number of aryl methyl sites for hydroxylation is 2. The molecule has 0 saturated heterocycles. The molecule has 0 bridgehead atoms. The third-order valence-electron chi connectivity index (χ3n) is 14.5. The van der Waals surface area contributed by atoms with Crippen LogP contribution in [0.15, 0.2) is 195 Å². The van der Waals surface area contributed by atoms with Crippen LogP contribution in [-0.2, 0) is 10.8 Å². The first kappa shape index (κ1) is 42.8. The van der Waals surface area contributed by atoms with E-state index in [2.05, 4.69) is 247 Å². The van der Waals surface area contributed by atoms with Crippen molar-refractivity contribution in [2.24, 2.45) is 0 Å². The normalized spacial score (nSPS) is 12.5. The number of benzene rings is 10. The van der Waals surface area contributed by atoms with Crippen LogP contribution in [0.1, 0.15) is 63.8 Å². The Morgan fingerprint density at radius 1 is 0.310 bits per heavy atom. The fourth-order valence-electron chi connectivity index (χ4n) is 11.0. The number of para-hydroxylation sites is 4. The summed E-state index contributed by atoms with van der Waals surface area (Å²) >= 11 is 0. The lowest BCUT2D eigenvalue weighted by Crippen LogP contribution is -2.11. The molecule has 0 aliphatic heterocycles. The number of rotatable bonds is 6. The number of hydrogen-bond acceptors (Lipinski definition) is 5. The Labute approximate surface area is 413 Å². The SMILES string of the molecule is Cc1cccc(N(c2ccc3cc4oc5cc6ccc(N(c7cccc(C)c7)c7cccc8c7oc7c(C(C)(C)C)cccc78)cc6cc5c4cc3c2)c2cccc3c2oc2c(C(C)(C)C)cccc23)c1. The van der Waals surface area contributed by atoms with E-state index >= 15 is 0 Å². The summed E-state index contributed by atoms with van der Waals surface area (Å²) in [6.45, 7) is 17.8. The largest absolute Gasteiger partial charge is 0.456 e. The third-order valence-corrected chi connectivity index (χ3v) is 14.5. The number of anilines is 6. The number of hydrogen-bond donors (Lipinski definition) is 0. The minimum Gasteiger partial charge on any atom is -0.456 e. The zero-order chi connectivity index (χ0) is 48.5. The highest BCUT2D eigenvalue weighted by molar-refractivity contribution is 6.16. The summed E-state index contributed by atoms with van der Waals surface area (Å²) in [6.07, 6.45) is 0. The van der Waals surface area contributed by atoms with Gasteiger partial charge in [0.05, 0.1) is 11.4 Å². The summed E-state index contributed by atoms with van der Waals surface area (Å²) in [5, 5.41) is 11.1. The van der Waals surface area contributed by atoms with Gasteiger partial charge in [-0.05, 0) is 142 Å². The molecule has 346 valence electrons. The van der Waals surface area contributed by atoms with E-state index in [4.69, 9.17) is 13.3 Å². The lowest BCUT2D eigenvalue weighted by molar-refractivity contribution is 0.572. The molecule has 0 saturated carbocycles. The van der Waals surface area contributed by atoms with Crippen LogP contribution >= 0.6 is 0 Å². The molecule has 3 heterocycles. The molecule has 0 spiro atoms. The zero-order valence-electron chi connectivity index (χ0n) is 41.4. The highest BCUT2D eigenvalue weighted by Crippen LogP contribution is 2.48. The topological polar surface area (TPSA) is 45.9 Å². The second-order valence-electron chi connectivity index (χ2n) is 21.6. The van der Waals surface area contributed by atoms with Crippen LogP contribution in [0.2, 0.25) is 0 Å². The minimum atomic E-state index is -0.0799. The van der Waals surface area contributed by atoms with Crippen LogP contribution in [0.3, 0.4) is 0 Å². The van der Waals surface area contributed by atoms with Gasteiger partial charge in [-0.25, -0.2) is 0 Å². The Hall–Kier alpha value is -8.28. The van der Waals surface area contributed by atoms with E-state index in [0.29, 0.717) is 0 Å². The highest BCUT2D eigenvalue weighted by Gasteiger charge is 2.26. The van der Waals surface area contributed by atoms with Gasteiger partial charge < -0.3 is 23.1 Å². The van der Waals surface area contributed by atoms with Gasteiger partial charge in [0.25, 0.3) is 0 Å². The average molecular weight is 923 g/mol. The van der Waals surface area contributed by atoms with Crippen LogP contribution in [0.25, 0.3) is 87.4 Å². The van der Waals surface area contributed by atoms with Crippen molar-refractivity contribution in [3.8, 4) is 0 Å². The van der Waals surface area contributed by atoms with Gasteiger partial charge in [0.15, 0.2) is 11.2 Å². The minimum absolute atomic E-state index is 0.0799. The Morgan fingerprint density at radius 2 is 0.690 bits per heavy atom. The number of fused-ring (bicyclic) bond motifs is 11. The number of nitrogens with zero attached hydrogens (tertiary/aromatic N) is 2. The van der Waals surface area contributed by atoms with E-state index in [1.807, 2.05) is 0 Å². The molecule has 10 aromatic carbocycles. The van der Waals surface area contributed by atoms with Crippen molar-refractivity contribution in [3.05, 3.63) is 204 Å². The second kappa shape index (κ2) is 15.6. The zero-order valence-corrected chi connectivity index (χ0v) is 41.4. The summed E-state index contributed by atoms with van der Waals surface area (Å²) in [5.74, 6) is 0. The Morgan fingerprint density at radius 3 is 1.10 bits per heavy atom. The van der Waals surface area contributed by atoms with Crippen LogP contribution in [0.5, 0.6) is 0 Å². The van der Waals surface area contributed by atoms with Gasteiger partial charge in [-0.3, -0.25) is 0 Å². The molecule has 13 aromatic rings. The molecule has 0 aliphatic rings. The molecule has 0 unspecified atom stereocenters. The Kier molecular flexibility index (Phi) is 9.41. The molecule has 0 radical (unpaired) electrons. The summed E-state index contributed by atoms with van der Waals surface area (Å²) in [6, 6.07) is 66.0. The molecule has 71 heavy (non-hydrogen) atoms. The van der Waals surface area contributed by atoms with E-state index < -0.39 is 0 Å². The van der Waals surface area contributed by atoms with E-state index in [1.165, 1.54) is 22.3 Å². The van der Waals surface area contributed by atoms with Crippen molar-refractivity contribution in [2.75, 3.05) is 9.80 Å². The fraction of sp³-hybridized carbons (Fsp3) is 0.152. The van der Waals surface area contributed by atoms with E-state index in [-0.39, 0.29) is 10.8 Å². The maximum Gasteiger partial charge on any atom is 0.159 e. The summed E-state index contributed by atoms with van der Waals surface area (Å²) in [7, 11) is 0. The van der Waals surface area contributed by atoms with Crippen molar-refractivity contribution in [3.63, 3.8) is 0 Å². The van der Waals surface area contributed by atoms with Gasteiger partial charge in [-0.15, -0.1) is 0 Å². The lowest BCUT2D eigenvalue weighted by atomic mass is 9.86. The average Bonchev–Trinajstić information content (AvgIpc) is 4.04. The van der Waals surface area contributed by atoms with Gasteiger partial charge in [-0.1, -0.05) is 139 Å². The van der Waals surface area contributed by atoms with E-state index in [1.54, 1.807) is 0 Å². The number of furan rings is 3. The van der Waals surface area contributed by atoms with Crippen molar-refractivity contribution in [1.29, 1.82) is 0 Å². The van der Waals surface area contributed by atoms with Crippen LogP contribution in [-0.4, -0.2) is 0 Å². The van der Waals surface area contributed by atoms with Crippen molar-refractivity contribution >= 4 is 121 Å². The Balaban J connectivity index is 0.968. The lowest BCUT2D eigenvalue weighted by Gasteiger charge is -2.26. The predicted octanol–water partition coefficient (Wildman–Crippen LogP) is 19.8. The van der Waals surface area contributed by atoms with Crippen molar-refractivity contribution in [2.45, 2.75) is 66.2 Å². The molecule has 0 atom stereocenters. The predicted molar refractivity (Wildman–Crippen MR) is 300 cm³/mol. The molecule has 0 aliphatic carbocycles. The van der Waals surface area contributed by atoms with Crippen molar-refractivity contribution < 1.29 is 13.3 Å². The first-order valence-corrected chi connectivity index (χ1v) is 24.7. The molecule has 3 aromatic heterocycles. The molecule has 0 fully saturated rings. The molecule has 5 heteroatoms. The summed E-state index contributed by atoms with van der Waals surface area (Å²) < 4.78 is 20.7. The third kappa shape index (κ3) is 6.97. The maximum atomic E-state index is 6.98. The van der Waals surface area contributed by atoms with Crippen LogP contribution in [0, 0.1) is 13.8 Å². The standard InChI is InChI=1S/C66H54N2O3/c1-39-15-9-17-45(31-39)67(57-25-13-21-51-49-19-11-23-55(65(3,4)5)61(49)70-63(51)57)47-29-27-41-37-59-53(35-43(41)33-47)54-36-44-34-48(30-28-42(44)38-60(54)69-59)68(46-18-10-16-40(2)32-46)58-26-14-22-52-50-20-12-24-56(66(6,7)8)62(50)71-64(52)58/h9-38H,1-8H3. The molecule has 5 nitrogen and oxygen atoms in total. The van der Waals surface area contributed by atoms with E-state index in [9.17, 15) is 0 Å². The van der Waals surface area contributed by atoms with Crippen LogP contribution < -0.4 is 9.80 Å². The Bertz CT molecular complexity index is 4030. The van der Waals surface area contributed by atoms with Crippen molar-refractivity contribution in [1.82, 2.24) is 0 Å². The van der Waals surface area contributed by atoms with Gasteiger partial charge in [0.2, 0.25) is 0 Å². The highest BCUT2D eigenvalue weighted by atomic mass is 16.3. The quantitative estimate of drug-likeness (QED) is 0.166. The fourth-order valence-corrected chi connectivity index (χ4v) is 11.0. The smallest absolute Gasteiger partial charge is 0.159 e. The summed E-state index contributed by atoms with van der Waals surface area (Å²) in [5.41, 5.74) is 16.2. The molecule has 13 rings (SSSR count). The van der Waals surface area contributed by atoms with Gasteiger partial charge in [0.1, 0.15) is 22.3 Å². The molecular weight excluding hydrogens is 869 g/mol. The summed E-state index contributed by atoms with van der Waals surface area (Å²) in [4.78, 5) is 4.69. The maximum absolute atomic E-state index is 6.98. The van der Waals surface area contributed by atoms with Gasteiger partial charge in [-0.2, -0.15) is 0 Å². The van der Waals surface area contributed by atoms with Gasteiger partial charge in [0, 0.05) is 66.2 Å². The molecule has 0 amide bonds. The molecule has 0 N–H and O–H groups in total.